The maximum Gasteiger partial charge on any atom is 0.347 e. The summed E-state index contributed by atoms with van der Waals surface area (Å²) >= 11 is 7.25. The Balaban J connectivity index is 2.61. The molecule has 2 aromatic rings. The third-order valence-electron chi connectivity index (χ3n) is 2.55. The van der Waals surface area contributed by atoms with Gasteiger partial charge in [-0.2, -0.15) is 0 Å². The van der Waals surface area contributed by atoms with Crippen molar-refractivity contribution in [2.45, 2.75) is 26.9 Å². The molecule has 1 aromatic carbocycles. The van der Waals surface area contributed by atoms with Crippen molar-refractivity contribution in [1.29, 1.82) is 0 Å². The first-order valence-electron chi connectivity index (χ1n) is 6.22. The minimum Gasteiger partial charge on any atom is -0.490 e. The lowest BCUT2D eigenvalue weighted by atomic mass is 10.2. The van der Waals surface area contributed by atoms with Crippen LogP contribution in [0.3, 0.4) is 0 Å². The van der Waals surface area contributed by atoms with Crippen LogP contribution < -0.4 is 9.47 Å². The van der Waals surface area contributed by atoms with E-state index >= 15 is 0 Å². The summed E-state index contributed by atoms with van der Waals surface area (Å²) in [4.78, 5) is 11.3. The number of carboxylic acids is 1. The number of carbonyl (C=O) groups is 1. The van der Waals surface area contributed by atoms with E-state index in [4.69, 9.17) is 26.2 Å². The summed E-state index contributed by atoms with van der Waals surface area (Å²) in [5, 5.41) is 10.0. The molecule has 0 amide bonds. The predicted molar refractivity (Wildman–Crippen MR) is 80.7 cm³/mol. The van der Waals surface area contributed by atoms with Crippen molar-refractivity contribution in [1.82, 2.24) is 0 Å². The zero-order valence-electron chi connectivity index (χ0n) is 11.4. The highest BCUT2D eigenvalue weighted by molar-refractivity contribution is 7.21. The number of fused-ring (bicyclic) bond motifs is 1. The van der Waals surface area contributed by atoms with Gasteiger partial charge >= 0.3 is 5.97 Å². The van der Waals surface area contributed by atoms with E-state index in [1.807, 2.05) is 20.8 Å². The van der Waals surface area contributed by atoms with Gasteiger partial charge in [0.25, 0.3) is 0 Å². The van der Waals surface area contributed by atoms with E-state index in [2.05, 4.69) is 0 Å². The lowest BCUT2D eigenvalue weighted by Crippen LogP contribution is -2.07. The van der Waals surface area contributed by atoms with Gasteiger partial charge in [0.2, 0.25) is 0 Å². The second-order valence-corrected chi connectivity index (χ2v) is 5.88. The molecule has 0 fully saturated rings. The van der Waals surface area contributed by atoms with Gasteiger partial charge in [-0.1, -0.05) is 11.6 Å². The van der Waals surface area contributed by atoms with Crippen molar-refractivity contribution in [3.63, 3.8) is 0 Å². The first kappa shape index (κ1) is 14.9. The third-order valence-corrected chi connectivity index (χ3v) is 4.20. The first-order valence-corrected chi connectivity index (χ1v) is 7.42. The summed E-state index contributed by atoms with van der Waals surface area (Å²) < 4.78 is 12.0. The zero-order valence-corrected chi connectivity index (χ0v) is 13.0. The van der Waals surface area contributed by atoms with Gasteiger partial charge in [0, 0.05) is 16.2 Å². The summed E-state index contributed by atoms with van der Waals surface area (Å²) in [6.45, 7) is 6.21. The summed E-state index contributed by atoms with van der Waals surface area (Å²) in [5.41, 5.74) is 0. The zero-order chi connectivity index (χ0) is 14.9. The molecule has 0 unspecified atom stereocenters. The van der Waals surface area contributed by atoms with E-state index < -0.39 is 5.97 Å². The lowest BCUT2D eigenvalue weighted by molar-refractivity contribution is 0.0702. The van der Waals surface area contributed by atoms with Crippen LogP contribution in [-0.4, -0.2) is 23.8 Å². The van der Waals surface area contributed by atoms with E-state index in [-0.39, 0.29) is 16.0 Å². The van der Waals surface area contributed by atoms with Crippen LogP contribution in [-0.2, 0) is 0 Å². The van der Waals surface area contributed by atoms with Gasteiger partial charge in [-0.15, -0.1) is 11.3 Å². The van der Waals surface area contributed by atoms with Crippen LogP contribution >= 0.6 is 22.9 Å². The number of benzene rings is 1. The molecule has 0 aliphatic heterocycles. The molecule has 4 nitrogen and oxygen atoms in total. The highest BCUT2D eigenvalue weighted by Crippen LogP contribution is 2.42. The lowest BCUT2D eigenvalue weighted by Gasteiger charge is -2.14. The number of hydrogen-bond acceptors (Lipinski definition) is 4. The highest BCUT2D eigenvalue weighted by atomic mass is 35.5. The molecule has 1 heterocycles. The standard InChI is InChI=1S/C14H15ClO4S/c1-4-18-9-5-8-11(6-10(9)19-7(2)3)20-13(12(8)15)14(16)17/h5-7H,4H2,1-3H3,(H,16,17). The summed E-state index contributed by atoms with van der Waals surface area (Å²) in [6, 6.07) is 3.52. The fourth-order valence-corrected chi connectivity index (χ4v) is 3.18. The normalized spacial score (nSPS) is 11.1. The van der Waals surface area contributed by atoms with E-state index in [9.17, 15) is 4.79 Å². The largest absolute Gasteiger partial charge is 0.490 e. The second-order valence-electron chi connectivity index (χ2n) is 4.45. The van der Waals surface area contributed by atoms with Crippen molar-refractivity contribution >= 4 is 39.0 Å². The highest BCUT2D eigenvalue weighted by Gasteiger charge is 2.19. The number of halogens is 1. The predicted octanol–water partition coefficient (Wildman–Crippen LogP) is 4.44. The molecule has 6 heteroatoms. The van der Waals surface area contributed by atoms with Crippen LogP contribution in [0.4, 0.5) is 0 Å². The quantitative estimate of drug-likeness (QED) is 0.886. The Morgan fingerprint density at radius 2 is 2.10 bits per heavy atom. The average Bonchev–Trinajstić information content (AvgIpc) is 2.67. The minimum atomic E-state index is -1.03. The molecule has 1 aromatic heterocycles. The molecule has 108 valence electrons. The van der Waals surface area contributed by atoms with Crippen LogP contribution in [0, 0.1) is 0 Å². The first-order chi connectivity index (χ1) is 9.43. The Labute approximate surface area is 125 Å². The molecule has 0 atom stereocenters. The summed E-state index contributed by atoms with van der Waals surface area (Å²) in [6.07, 6.45) is 0.000958. The van der Waals surface area contributed by atoms with Crippen LogP contribution in [0.2, 0.25) is 5.02 Å². The average molecular weight is 315 g/mol. The molecule has 0 bridgehead atoms. The molecule has 0 saturated heterocycles. The second kappa shape index (κ2) is 5.89. The monoisotopic (exact) mass is 314 g/mol. The number of thiophene rings is 1. The number of rotatable bonds is 5. The third kappa shape index (κ3) is 2.83. The molecule has 0 saturated carbocycles. The smallest absolute Gasteiger partial charge is 0.347 e. The van der Waals surface area contributed by atoms with E-state index in [0.717, 1.165) is 16.0 Å². The maximum absolute atomic E-state index is 11.1. The van der Waals surface area contributed by atoms with Crippen LogP contribution in [0.25, 0.3) is 10.1 Å². The summed E-state index contributed by atoms with van der Waals surface area (Å²) in [7, 11) is 0. The van der Waals surface area contributed by atoms with Gasteiger partial charge in [-0.25, -0.2) is 4.79 Å². The number of aromatic carboxylic acids is 1. The fourth-order valence-electron chi connectivity index (χ4n) is 1.83. The minimum absolute atomic E-state index is 0.000958. The van der Waals surface area contributed by atoms with Crippen LogP contribution in [0.15, 0.2) is 12.1 Å². The van der Waals surface area contributed by atoms with Crippen molar-refractivity contribution < 1.29 is 19.4 Å². The number of carboxylic acid groups (broad SMARTS) is 1. The Morgan fingerprint density at radius 1 is 1.40 bits per heavy atom. The molecule has 20 heavy (non-hydrogen) atoms. The Hall–Kier alpha value is -1.46. The van der Waals surface area contributed by atoms with Crippen molar-refractivity contribution in [2.24, 2.45) is 0 Å². The van der Waals surface area contributed by atoms with Crippen molar-refractivity contribution in [3.8, 4) is 11.5 Å². The molecular formula is C14H15ClO4S. The fraction of sp³-hybridized carbons (Fsp3) is 0.357. The van der Waals surface area contributed by atoms with Gasteiger partial charge < -0.3 is 14.6 Å². The van der Waals surface area contributed by atoms with E-state index in [1.165, 1.54) is 0 Å². The van der Waals surface area contributed by atoms with Crippen molar-refractivity contribution in [2.75, 3.05) is 6.61 Å². The van der Waals surface area contributed by atoms with Gasteiger partial charge in [0.1, 0.15) is 4.88 Å². The molecule has 1 N–H and O–H groups in total. The molecule has 0 spiro atoms. The summed E-state index contributed by atoms with van der Waals surface area (Å²) in [5.74, 6) is 0.148. The Kier molecular flexibility index (Phi) is 4.40. The molecule has 0 radical (unpaired) electrons. The van der Waals surface area contributed by atoms with E-state index in [1.54, 1.807) is 12.1 Å². The molecule has 2 rings (SSSR count). The van der Waals surface area contributed by atoms with Crippen molar-refractivity contribution in [3.05, 3.63) is 22.0 Å². The van der Waals surface area contributed by atoms with Gasteiger partial charge in [-0.3, -0.25) is 0 Å². The molecule has 0 aliphatic rings. The number of ether oxygens (including phenoxy) is 2. The van der Waals surface area contributed by atoms with Crippen LogP contribution in [0.1, 0.15) is 30.4 Å². The van der Waals surface area contributed by atoms with Gasteiger partial charge in [-0.05, 0) is 26.8 Å². The van der Waals surface area contributed by atoms with Gasteiger partial charge in [0.05, 0.1) is 17.7 Å². The number of hydrogen-bond donors (Lipinski definition) is 1. The molecular weight excluding hydrogens is 300 g/mol. The topological polar surface area (TPSA) is 55.8 Å². The molecule has 0 aliphatic carbocycles. The SMILES string of the molecule is CCOc1cc2c(Cl)c(C(=O)O)sc2cc1OC(C)C. The van der Waals surface area contributed by atoms with Gasteiger partial charge in [0.15, 0.2) is 11.5 Å². The Morgan fingerprint density at radius 3 is 2.65 bits per heavy atom. The Bertz CT molecular complexity index is 648. The van der Waals surface area contributed by atoms with E-state index in [0.29, 0.717) is 23.5 Å². The van der Waals surface area contributed by atoms with Crippen LogP contribution in [0.5, 0.6) is 11.5 Å². The maximum atomic E-state index is 11.1.